The molecule has 0 saturated carbocycles. The normalized spacial score (nSPS) is 12.9. The van der Waals surface area contributed by atoms with Crippen LogP contribution in [0.25, 0.3) is 0 Å². The van der Waals surface area contributed by atoms with Crippen LogP contribution in [-0.4, -0.2) is 25.5 Å². The van der Waals surface area contributed by atoms with E-state index in [0.29, 0.717) is 0 Å². The SMILES string of the molecule is C=N/C=C/[C@H](N)OC(=O)CN. The molecule has 4 N–H and O–H groups in total. The second-order valence-corrected chi connectivity index (χ2v) is 1.68. The average molecular weight is 157 g/mol. The lowest BCUT2D eigenvalue weighted by atomic mass is 10.5. The summed E-state index contributed by atoms with van der Waals surface area (Å²) in [6.45, 7) is 3.00. The average Bonchev–Trinajstić information content (AvgIpc) is 2.00. The number of hydrogen-bond acceptors (Lipinski definition) is 5. The van der Waals surface area contributed by atoms with E-state index < -0.39 is 12.2 Å². The topological polar surface area (TPSA) is 90.7 Å². The van der Waals surface area contributed by atoms with Crippen molar-refractivity contribution >= 4 is 12.7 Å². The highest BCUT2D eigenvalue weighted by Gasteiger charge is 2.02. The zero-order valence-electron chi connectivity index (χ0n) is 6.06. The molecule has 0 aromatic rings. The second-order valence-electron chi connectivity index (χ2n) is 1.68. The maximum atomic E-state index is 10.5. The first kappa shape index (κ1) is 9.80. The minimum atomic E-state index is -0.795. The first-order chi connectivity index (χ1) is 5.20. The number of nitrogens with two attached hydrogens (primary N) is 2. The van der Waals surface area contributed by atoms with Crippen molar-refractivity contribution in [2.75, 3.05) is 6.54 Å². The van der Waals surface area contributed by atoms with Gasteiger partial charge in [0.1, 0.15) is 0 Å². The van der Waals surface area contributed by atoms with Crippen LogP contribution < -0.4 is 11.5 Å². The smallest absolute Gasteiger partial charge is 0.321 e. The van der Waals surface area contributed by atoms with E-state index in [2.05, 4.69) is 16.4 Å². The Morgan fingerprint density at radius 3 is 2.91 bits per heavy atom. The van der Waals surface area contributed by atoms with E-state index in [0.717, 1.165) is 0 Å². The molecule has 0 radical (unpaired) electrons. The molecule has 11 heavy (non-hydrogen) atoms. The van der Waals surface area contributed by atoms with Crippen LogP contribution in [0.5, 0.6) is 0 Å². The Bertz CT molecular complexity index is 167. The van der Waals surface area contributed by atoms with Crippen molar-refractivity contribution in [3.63, 3.8) is 0 Å². The van der Waals surface area contributed by atoms with Gasteiger partial charge in [-0.15, -0.1) is 0 Å². The lowest BCUT2D eigenvalue weighted by Crippen LogP contribution is -2.28. The molecule has 0 aliphatic rings. The predicted octanol–water partition coefficient (Wildman–Crippen LogP) is -1.01. The van der Waals surface area contributed by atoms with Crippen LogP contribution in [0.3, 0.4) is 0 Å². The zero-order valence-corrected chi connectivity index (χ0v) is 6.06. The molecule has 0 rings (SSSR count). The van der Waals surface area contributed by atoms with E-state index in [-0.39, 0.29) is 6.54 Å². The summed E-state index contributed by atoms with van der Waals surface area (Å²) in [7, 11) is 0. The number of hydrogen-bond donors (Lipinski definition) is 2. The lowest BCUT2D eigenvalue weighted by Gasteiger charge is -2.06. The first-order valence-electron chi connectivity index (χ1n) is 2.98. The van der Waals surface area contributed by atoms with Crippen LogP contribution in [0.15, 0.2) is 17.3 Å². The molecule has 0 amide bonds. The molecule has 0 unspecified atom stereocenters. The van der Waals surface area contributed by atoms with Crippen LogP contribution in [0.4, 0.5) is 0 Å². The quantitative estimate of drug-likeness (QED) is 0.310. The molecular formula is C6H11N3O2. The summed E-state index contributed by atoms with van der Waals surface area (Å²) in [4.78, 5) is 13.9. The fraction of sp³-hybridized carbons (Fsp3) is 0.333. The van der Waals surface area contributed by atoms with E-state index in [4.69, 9.17) is 11.5 Å². The Morgan fingerprint density at radius 1 is 1.82 bits per heavy atom. The highest BCUT2D eigenvalue weighted by Crippen LogP contribution is 1.86. The fourth-order valence-electron chi connectivity index (χ4n) is 0.385. The van der Waals surface area contributed by atoms with Crippen molar-refractivity contribution in [2.24, 2.45) is 16.5 Å². The largest absolute Gasteiger partial charge is 0.442 e. The molecule has 62 valence electrons. The standard InChI is InChI=1S/C6H11N3O2/c1-9-3-2-5(8)11-6(10)4-7/h2-3,5H,1,4,7-8H2/b3-2+/t5-/m1/s1. The van der Waals surface area contributed by atoms with Gasteiger partial charge in [0.15, 0.2) is 6.23 Å². The highest BCUT2D eigenvalue weighted by molar-refractivity contribution is 5.71. The van der Waals surface area contributed by atoms with Crippen molar-refractivity contribution < 1.29 is 9.53 Å². The Hall–Kier alpha value is -1.20. The number of carbonyl (C=O) groups excluding carboxylic acids is 1. The second kappa shape index (κ2) is 5.57. The molecule has 5 heteroatoms. The molecule has 0 spiro atoms. The van der Waals surface area contributed by atoms with Gasteiger partial charge >= 0.3 is 5.97 Å². The van der Waals surface area contributed by atoms with Crippen molar-refractivity contribution in [1.82, 2.24) is 0 Å². The monoisotopic (exact) mass is 157 g/mol. The zero-order chi connectivity index (χ0) is 8.69. The van der Waals surface area contributed by atoms with Crippen LogP contribution in [-0.2, 0) is 9.53 Å². The van der Waals surface area contributed by atoms with E-state index in [1.54, 1.807) is 0 Å². The Kier molecular flexibility index (Phi) is 4.97. The Balaban J connectivity index is 3.67. The summed E-state index contributed by atoms with van der Waals surface area (Å²) in [5, 5.41) is 0. The molecule has 0 bridgehead atoms. The van der Waals surface area contributed by atoms with Crippen LogP contribution in [0.1, 0.15) is 0 Å². The fourth-order valence-corrected chi connectivity index (χ4v) is 0.385. The van der Waals surface area contributed by atoms with E-state index in [1.165, 1.54) is 12.3 Å². The molecular weight excluding hydrogens is 146 g/mol. The summed E-state index contributed by atoms with van der Waals surface area (Å²) in [5.74, 6) is -0.550. The van der Waals surface area contributed by atoms with Crippen LogP contribution in [0, 0.1) is 0 Å². The number of rotatable bonds is 4. The molecule has 0 aliphatic heterocycles. The summed E-state index contributed by atoms with van der Waals surface area (Å²) in [6, 6.07) is 0. The lowest BCUT2D eigenvalue weighted by molar-refractivity contribution is -0.144. The van der Waals surface area contributed by atoms with Gasteiger partial charge < -0.3 is 10.5 Å². The summed E-state index contributed by atoms with van der Waals surface area (Å²) in [5.41, 5.74) is 10.2. The minimum absolute atomic E-state index is 0.178. The molecule has 5 nitrogen and oxygen atoms in total. The maximum absolute atomic E-state index is 10.5. The molecule has 1 atom stereocenters. The number of nitrogens with zero attached hydrogens (tertiary/aromatic N) is 1. The van der Waals surface area contributed by atoms with E-state index in [1.807, 2.05) is 0 Å². The highest BCUT2D eigenvalue weighted by atomic mass is 16.6. The molecule has 0 fully saturated rings. The third kappa shape index (κ3) is 5.25. The van der Waals surface area contributed by atoms with Crippen molar-refractivity contribution in [1.29, 1.82) is 0 Å². The molecule has 0 aliphatic carbocycles. The third-order valence-corrected chi connectivity index (χ3v) is 0.815. The molecule has 0 aromatic carbocycles. The van der Waals surface area contributed by atoms with Gasteiger partial charge in [0, 0.05) is 6.20 Å². The summed E-state index contributed by atoms with van der Waals surface area (Å²) >= 11 is 0. The van der Waals surface area contributed by atoms with E-state index in [9.17, 15) is 4.79 Å². The third-order valence-electron chi connectivity index (χ3n) is 0.815. The van der Waals surface area contributed by atoms with Gasteiger partial charge in [-0.2, -0.15) is 0 Å². The summed E-state index contributed by atoms with van der Waals surface area (Å²) < 4.78 is 4.54. The van der Waals surface area contributed by atoms with Crippen molar-refractivity contribution in [2.45, 2.75) is 6.23 Å². The Labute approximate surface area is 64.7 Å². The van der Waals surface area contributed by atoms with Crippen LogP contribution >= 0.6 is 0 Å². The van der Waals surface area contributed by atoms with Gasteiger partial charge in [-0.3, -0.25) is 15.5 Å². The number of ether oxygens (including phenoxy) is 1. The van der Waals surface area contributed by atoms with Crippen molar-refractivity contribution in [3.8, 4) is 0 Å². The van der Waals surface area contributed by atoms with Gasteiger partial charge in [-0.25, -0.2) is 0 Å². The molecule has 0 heterocycles. The first-order valence-corrected chi connectivity index (χ1v) is 2.98. The number of carbonyl (C=O) groups is 1. The van der Waals surface area contributed by atoms with Gasteiger partial charge in [0.25, 0.3) is 0 Å². The molecule has 0 aromatic heterocycles. The number of esters is 1. The van der Waals surface area contributed by atoms with Gasteiger partial charge in [0.2, 0.25) is 0 Å². The van der Waals surface area contributed by atoms with Gasteiger partial charge in [0.05, 0.1) is 6.54 Å². The Morgan fingerprint density at radius 2 is 2.45 bits per heavy atom. The van der Waals surface area contributed by atoms with Crippen LogP contribution in [0.2, 0.25) is 0 Å². The number of aliphatic imine (C=N–C) groups is 1. The van der Waals surface area contributed by atoms with Crippen molar-refractivity contribution in [3.05, 3.63) is 12.3 Å². The molecule has 0 saturated heterocycles. The predicted molar refractivity (Wildman–Crippen MR) is 41.8 cm³/mol. The van der Waals surface area contributed by atoms with Gasteiger partial charge in [-0.05, 0) is 12.8 Å². The van der Waals surface area contributed by atoms with E-state index >= 15 is 0 Å². The van der Waals surface area contributed by atoms with Gasteiger partial charge in [-0.1, -0.05) is 0 Å². The maximum Gasteiger partial charge on any atom is 0.321 e. The summed E-state index contributed by atoms with van der Waals surface area (Å²) in [6.07, 6.45) is 1.94. The minimum Gasteiger partial charge on any atom is -0.442 e.